The van der Waals surface area contributed by atoms with E-state index in [1.165, 1.54) is 19.3 Å². The van der Waals surface area contributed by atoms with Gasteiger partial charge in [-0.25, -0.2) is 0 Å². The minimum atomic E-state index is -0.804. The van der Waals surface area contributed by atoms with Crippen molar-refractivity contribution in [3.63, 3.8) is 0 Å². The Labute approximate surface area is 121 Å². The molecule has 4 nitrogen and oxygen atoms in total. The van der Waals surface area contributed by atoms with Crippen molar-refractivity contribution in [1.29, 1.82) is 0 Å². The summed E-state index contributed by atoms with van der Waals surface area (Å²) in [6, 6.07) is 0.295. The van der Waals surface area contributed by atoms with Crippen LogP contribution in [0.2, 0.25) is 0 Å². The van der Waals surface area contributed by atoms with Gasteiger partial charge in [-0.15, -0.1) is 0 Å². The molecule has 2 N–H and O–H groups in total. The molecule has 2 atom stereocenters. The average Bonchev–Trinajstić information content (AvgIpc) is 2.63. The molecule has 1 amide bonds. The second-order valence-electron chi connectivity index (χ2n) is 7.29. The third-order valence-corrected chi connectivity index (χ3v) is 5.97. The summed E-state index contributed by atoms with van der Waals surface area (Å²) in [6.45, 7) is 5.64. The average molecular weight is 281 g/mol. The predicted octanol–water partition coefficient (Wildman–Crippen LogP) is 2.96. The van der Waals surface area contributed by atoms with Crippen LogP contribution in [-0.2, 0) is 9.59 Å². The summed E-state index contributed by atoms with van der Waals surface area (Å²) >= 11 is 0. The molecular weight excluding hydrogens is 254 g/mol. The van der Waals surface area contributed by atoms with Gasteiger partial charge in [0.05, 0.1) is 5.41 Å². The Bertz CT molecular complexity index is 399. The van der Waals surface area contributed by atoms with Crippen LogP contribution in [0.4, 0.5) is 0 Å². The van der Waals surface area contributed by atoms with Gasteiger partial charge in [0.1, 0.15) is 0 Å². The number of carboxylic acid groups (broad SMARTS) is 1. The van der Waals surface area contributed by atoms with Crippen molar-refractivity contribution in [2.24, 2.45) is 16.7 Å². The molecule has 2 aliphatic rings. The highest BCUT2D eigenvalue weighted by atomic mass is 16.4. The second-order valence-corrected chi connectivity index (χ2v) is 7.29. The smallest absolute Gasteiger partial charge is 0.309 e. The number of nitrogens with one attached hydrogen (secondary N) is 1. The highest BCUT2D eigenvalue weighted by Crippen LogP contribution is 2.56. The zero-order valence-electron chi connectivity index (χ0n) is 12.9. The Balaban J connectivity index is 2.05. The van der Waals surface area contributed by atoms with Gasteiger partial charge in [-0.05, 0) is 38.0 Å². The van der Waals surface area contributed by atoms with Crippen LogP contribution in [0.5, 0.6) is 0 Å². The van der Waals surface area contributed by atoms with Gasteiger partial charge in [0.2, 0.25) is 5.91 Å². The van der Waals surface area contributed by atoms with E-state index < -0.39 is 16.8 Å². The van der Waals surface area contributed by atoms with Gasteiger partial charge >= 0.3 is 5.97 Å². The fraction of sp³-hybridized carbons (Fsp3) is 0.875. The van der Waals surface area contributed by atoms with Crippen LogP contribution in [0, 0.1) is 16.7 Å². The summed E-state index contributed by atoms with van der Waals surface area (Å²) < 4.78 is 0. The van der Waals surface area contributed by atoms with E-state index in [-0.39, 0.29) is 11.8 Å². The normalized spacial score (nSPS) is 33.9. The van der Waals surface area contributed by atoms with E-state index in [0.29, 0.717) is 18.9 Å². The van der Waals surface area contributed by atoms with Gasteiger partial charge in [-0.1, -0.05) is 33.1 Å². The number of amides is 1. The van der Waals surface area contributed by atoms with Crippen LogP contribution in [0.25, 0.3) is 0 Å². The summed E-state index contributed by atoms with van der Waals surface area (Å²) in [4.78, 5) is 24.1. The predicted molar refractivity (Wildman–Crippen MR) is 77.3 cm³/mol. The van der Waals surface area contributed by atoms with E-state index in [0.717, 1.165) is 12.8 Å². The maximum atomic E-state index is 12.5. The molecule has 0 aliphatic heterocycles. The topological polar surface area (TPSA) is 66.4 Å². The van der Waals surface area contributed by atoms with Crippen molar-refractivity contribution in [3.8, 4) is 0 Å². The van der Waals surface area contributed by atoms with Crippen molar-refractivity contribution < 1.29 is 14.7 Å². The molecule has 0 radical (unpaired) electrons. The van der Waals surface area contributed by atoms with Crippen molar-refractivity contribution in [1.82, 2.24) is 5.32 Å². The summed E-state index contributed by atoms with van der Waals surface area (Å²) in [7, 11) is 0. The molecule has 20 heavy (non-hydrogen) atoms. The number of rotatable bonds is 3. The zero-order chi connectivity index (χ0) is 15.0. The van der Waals surface area contributed by atoms with Gasteiger partial charge in [0, 0.05) is 12.0 Å². The monoisotopic (exact) mass is 281 g/mol. The molecule has 0 heterocycles. The molecule has 0 saturated heterocycles. The van der Waals surface area contributed by atoms with Crippen LogP contribution in [-0.4, -0.2) is 23.0 Å². The van der Waals surface area contributed by atoms with Crippen LogP contribution in [0.1, 0.15) is 65.7 Å². The molecule has 0 spiro atoms. The lowest BCUT2D eigenvalue weighted by atomic mass is 9.65. The molecule has 2 fully saturated rings. The minimum absolute atomic E-state index is 0.0619. The number of hydrogen-bond acceptors (Lipinski definition) is 2. The van der Waals surface area contributed by atoms with E-state index in [1.807, 2.05) is 13.8 Å². The maximum Gasteiger partial charge on any atom is 0.309 e. The number of carboxylic acids is 1. The first-order valence-electron chi connectivity index (χ1n) is 7.83. The van der Waals surface area contributed by atoms with Gasteiger partial charge in [-0.2, -0.15) is 0 Å². The number of carbonyl (C=O) groups is 2. The molecule has 0 aromatic heterocycles. The minimum Gasteiger partial charge on any atom is -0.481 e. The first kappa shape index (κ1) is 15.3. The molecular formula is C16H27NO3. The van der Waals surface area contributed by atoms with Gasteiger partial charge in [-0.3, -0.25) is 9.59 Å². The Morgan fingerprint density at radius 1 is 1.05 bits per heavy atom. The van der Waals surface area contributed by atoms with Crippen LogP contribution in [0.15, 0.2) is 0 Å². The Morgan fingerprint density at radius 3 is 2.15 bits per heavy atom. The SMILES string of the molecule is CC1(C)[C@H](C(=O)NC2CCCCC2)CC[C@]1(C)C(=O)O. The van der Waals surface area contributed by atoms with E-state index >= 15 is 0 Å². The lowest BCUT2D eigenvalue weighted by molar-refractivity contribution is -0.155. The van der Waals surface area contributed by atoms with Gasteiger partial charge < -0.3 is 10.4 Å². The Kier molecular flexibility index (Phi) is 4.12. The highest BCUT2D eigenvalue weighted by molar-refractivity contribution is 5.84. The van der Waals surface area contributed by atoms with Crippen molar-refractivity contribution >= 4 is 11.9 Å². The molecule has 114 valence electrons. The summed E-state index contributed by atoms with van der Waals surface area (Å²) in [5.41, 5.74) is -1.31. The van der Waals surface area contributed by atoms with Crippen LogP contribution in [0.3, 0.4) is 0 Å². The van der Waals surface area contributed by atoms with Crippen molar-refractivity contribution in [2.45, 2.75) is 71.8 Å². The first-order valence-corrected chi connectivity index (χ1v) is 7.83. The third-order valence-electron chi connectivity index (χ3n) is 5.97. The molecule has 0 unspecified atom stereocenters. The standard InChI is InChI=1S/C16H27NO3/c1-15(2)12(9-10-16(15,3)14(19)20)13(18)17-11-7-5-4-6-8-11/h11-12H,4-10H2,1-3H3,(H,17,18)(H,19,20)/t12-,16+/m0/s1. The van der Waals surface area contributed by atoms with E-state index in [2.05, 4.69) is 5.32 Å². The van der Waals surface area contributed by atoms with Gasteiger partial charge in [0.15, 0.2) is 0 Å². The van der Waals surface area contributed by atoms with E-state index in [9.17, 15) is 14.7 Å². The van der Waals surface area contributed by atoms with Crippen LogP contribution < -0.4 is 5.32 Å². The first-order chi connectivity index (χ1) is 9.29. The van der Waals surface area contributed by atoms with E-state index in [1.54, 1.807) is 6.92 Å². The fourth-order valence-corrected chi connectivity index (χ4v) is 3.89. The number of aliphatic carboxylic acids is 1. The lowest BCUT2D eigenvalue weighted by Gasteiger charge is -2.38. The van der Waals surface area contributed by atoms with E-state index in [4.69, 9.17) is 0 Å². The number of carbonyl (C=O) groups excluding carboxylic acids is 1. The molecule has 0 aromatic rings. The van der Waals surface area contributed by atoms with Crippen LogP contribution >= 0.6 is 0 Å². The van der Waals surface area contributed by atoms with Crippen molar-refractivity contribution in [2.75, 3.05) is 0 Å². The molecule has 2 saturated carbocycles. The van der Waals surface area contributed by atoms with Crippen molar-refractivity contribution in [3.05, 3.63) is 0 Å². The highest BCUT2D eigenvalue weighted by Gasteiger charge is 2.58. The summed E-state index contributed by atoms with van der Waals surface area (Å²) in [5.74, 6) is -0.909. The zero-order valence-corrected chi connectivity index (χ0v) is 12.9. The number of hydrogen-bond donors (Lipinski definition) is 2. The molecule has 0 aromatic carbocycles. The Hall–Kier alpha value is -1.06. The third kappa shape index (κ3) is 2.45. The molecule has 2 rings (SSSR count). The fourth-order valence-electron chi connectivity index (χ4n) is 3.89. The Morgan fingerprint density at radius 2 is 1.65 bits per heavy atom. The summed E-state index contributed by atoms with van der Waals surface area (Å²) in [5, 5.41) is 12.7. The lowest BCUT2D eigenvalue weighted by Crippen LogP contribution is -2.47. The second kappa shape index (κ2) is 5.38. The maximum absolute atomic E-state index is 12.5. The molecule has 4 heteroatoms. The molecule has 0 bridgehead atoms. The van der Waals surface area contributed by atoms with Gasteiger partial charge in [0.25, 0.3) is 0 Å². The quantitative estimate of drug-likeness (QED) is 0.835. The largest absolute Gasteiger partial charge is 0.481 e. The summed E-state index contributed by atoms with van der Waals surface area (Å²) in [6.07, 6.45) is 7.02. The molecule has 2 aliphatic carbocycles.